The van der Waals surface area contributed by atoms with Crippen LogP contribution in [0.1, 0.15) is 31.2 Å². The van der Waals surface area contributed by atoms with E-state index in [-0.39, 0.29) is 11.8 Å². The molecule has 1 aromatic heterocycles. The number of amides is 1. The monoisotopic (exact) mass is 453 g/mol. The van der Waals surface area contributed by atoms with Crippen LogP contribution in [0.3, 0.4) is 0 Å². The van der Waals surface area contributed by atoms with Gasteiger partial charge < -0.3 is 5.32 Å². The minimum absolute atomic E-state index is 0.0640. The van der Waals surface area contributed by atoms with Gasteiger partial charge in [-0.05, 0) is 49.1 Å². The molecule has 8 heteroatoms. The molecule has 0 unspecified atom stereocenters. The number of rotatable bonds is 5. The summed E-state index contributed by atoms with van der Waals surface area (Å²) in [5.74, 6) is 0.166. The zero-order valence-corrected chi connectivity index (χ0v) is 18.6. The summed E-state index contributed by atoms with van der Waals surface area (Å²) in [4.78, 5) is 17.2. The topological polar surface area (TPSA) is 79.4 Å². The van der Waals surface area contributed by atoms with E-state index >= 15 is 0 Å². The summed E-state index contributed by atoms with van der Waals surface area (Å²) in [6, 6.07) is 14.3. The van der Waals surface area contributed by atoms with Crippen molar-refractivity contribution < 1.29 is 13.2 Å². The molecule has 3 aromatic rings. The van der Waals surface area contributed by atoms with Crippen molar-refractivity contribution in [2.24, 2.45) is 5.92 Å². The maximum atomic E-state index is 13.0. The summed E-state index contributed by atoms with van der Waals surface area (Å²) in [5.41, 5.74) is 3.42. The molecule has 1 N–H and O–H groups in total. The number of hydrogen-bond acceptors (Lipinski definition) is 5. The maximum absolute atomic E-state index is 13.0. The zero-order valence-electron chi connectivity index (χ0n) is 17.0. The minimum Gasteiger partial charge on any atom is -0.302 e. The van der Waals surface area contributed by atoms with Crippen LogP contribution in [-0.4, -0.2) is 25.9 Å². The van der Waals surface area contributed by atoms with Gasteiger partial charge >= 0.3 is 0 Å². The van der Waals surface area contributed by atoms with E-state index in [0.717, 1.165) is 48.2 Å². The number of anilines is 2. The van der Waals surface area contributed by atoms with Crippen LogP contribution >= 0.6 is 11.3 Å². The average molecular weight is 454 g/mol. The lowest BCUT2D eigenvalue weighted by Gasteiger charge is -2.19. The summed E-state index contributed by atoms with van der Waals surface area (Å²) < 4.78 is 27.6. The highest BCUT2D eigenvalue weighted by molar-refractivity contribution is 7.92. The van der Waals surface area contributed by atoms with Crippen LogP contribution in [0.2, 0.25) is 0 Å². The quantitative estimate of drug-likeness (QED) is 0.608. The van der Waals surface area contributed by atoms with Crippen molar-refractivity contribution in [3.63, 3.8) is 0 Å². The fraction of sp³-hybridized carbons (Fsp3) is 0.304. The second-order valence-electron chi connectivity index (χ2n) is 7.99. The maximum Gasteiger partial charge on any atom is 0.264 e. The molecule has 5 rings (SSSR count). The van der Waals surface area contributed by atoms with Gasteiger partial charge in [0.05, 0.1) is 16.3 Å². The Morgan fingerprint density at radius 2 is 1.87 bits per heavy atom. The van der Waals surface area contributed by atoms with Gasteiger partial charge in [-0.2, -0.15) is 0 Å². The Kier molecular flexibility index (Phi) is 5.27. The lowest BCUT2D eigenvalue weighted by Crippen LogP contribution is -2.29. The number of carbonyl (C=O) groups excluding carboxylic acids is 1. The highest BCUT2D eigenvalue weighted by Crippen LogP contribution is 2.36. The predicted molar refractivity (Wildman–Crippen MR) is 123 cm³/mol. The fourth-order valence-electron chi connectivity index (χ4n) is 4.36. The molecule has 31 heavy (non-hydrogen) atoms. The Labute approximate surface area is 186 Å². The van der Waals surface area contributed by atoms with Crippen molar-refractivity contribution >= 4 is 38.1 Å². The van der Waals surface area contributed by atoms with E-state index in [1.165, 1.54) is 15.6 Å². The highest BCUT2D eigenvalue weighted by atomic mass is 32.2. The van der Waals surface area contributed by atoms with E-state index in [1.807, 2.05) is 29.6 Å². The van der Waals surface area contributed by atoms with Gasteiger partial charge in [-0.25, -0.2) is 13.4 Å². The molecule has 0 radical (unpaired) electrons. The third-order valence-corrected chi connectivity index (χ3v) is 8.60. The molecule has 0 spiro atoms. The second kappa shape index (κ2) is 8.09. The molecule has 1 aliphatic heterocycles. The Morgan fingerprint density at radius 3 is 2.65 bits per heavy atom. The smallest absolute Gasteiger partial charge is 0.264 e. The van der Waals surface area contributed by atoms with Crippen molar-refractivity contribution in [2.45, 2.75) is 37.0 Å². The molecule has 0 bridgehead atoms. The summed E-state index contributed by atoms with van der Waals surface area (Å²) in [6.45, 7) is 0.426. The van der Waals surface area contributed by atoms with Crippen molar-refractivity contribution in [1.29, 1.82) is 0 Å². The molecule has 0 atom stereocenters. The molecule has 1 aliphatic carbocycles. The number of hydrogen-bond donors (Lipinski definition) is 1. The largest absolute Gasteiger partial charge is 0.302 e. The Hall–Kier alpha value is -2.71. The average Bonchev–Trinajstić information content (AvgIpc) is 3.54. The van der Waals surface area contributed by atoms with Gasteiger partial charge in [0.15, 0.2) is 5.13 Å². The molecular formula is C23H23N3O3S2. The molecule has 6 nitrogen and oxygen atoms in total. The summed E-state index contributed by atoms with van der Waals surface area (Å²) in [6.07, 6.45) is 4.81. The first-order valence-electron chi connectivity index (χ1n) is 10.5. The van der Waals surface area contributed by atoms with Crippen LogP contribution in [0.4, 0.5) is 10.8 Å². The van der Waals surface area contributed by atoms with Crippen molar-refractivity contribution in [2.75, 3.05) is 16.2 Å². The molecule has 2 heterocycles. The van der Waals surface area contributed by atoms with E-state index in [9.17, 15) is 13.2 Å². The molecular weight excluding hydrogens is 430 g/mol. The Morgan fingerprint density at radius 1 is 1.10 bits per heavy atom. The Bertz CT molecular complexity index is 1220. The lowest BCUT2D eigenvalue weighted by atomic mass is 10.1. The van der Waals surface area contributed by atoms with Gasteiger partial charge in [-0.15, -0.1) is 11.3 Å². The van der Waals surface area contributed by atoms with Gasteiger partial charge in [0.2, 0.25) is 5.91 Å². The first-order chi connectivity index (χ1) is 15.0. The van der Waals surface area contributed by atoms with E-state index in [0.29, 0.717) is 23.0 Å². The molecule has 1 fully saturated rings. The SMILES string of the molecule is O=C(Nc1nc(-c2ccc3c(c2)CCN3S(=O)(=O)c2ccccc2)cs1)C1CCCC1. The molecule has 160 valence electrons. The predicted octanol–water partition coefficient (Wildman–Crippen LogP) is 4.69. The number of thiazole rings is 1. The minimum atomic E-state index is -3.57. The molecule has 1 amide bonds. The number of aromatic nitrogens is 1. The van der Waals surface area contributed by atoms with Crippen LogP contribution in [0.5, 0.6) is 0 Å². The summed E-state index contributed by atoms with van der Waals surface area (Å²) in [7, 11) is -3.57. The highest BCUT2D eigenvalue weighted by Gasteiger charge is 2.31. The normalized spacial score (nSPS) is 16.5. The molecule has 2 aromatic carbocycles. The van der Waals surface area contributed by atoms with Crippen LogP contribution in [-0.2, 0) is 21.2 Å². The van der Waals surface area contributed by atoms with Gasteiger partial charge in [-0.1, -0.05) is 37.1 Å². The number of nitrogens with one attached hydrogen (secondary N) is 1. The number of carbonyl (C=O) groups is 1. The molecule has 1 saturated carbocycles. The standard InChI is InChI=1S/C23H23N3O3S2/c27-22(16-6-4-5-7-16)25-23-24-20(15-30-23)17-10-11-21-18(14-17)12-13-26(21)31(28,29)19-8-2-1-3-9-19/h1-3,8-11,14-16H,4-7,12-13H2,(H,24,25,27). The zero-order chi connectivity index (χ0) is 21.4. The van der Waals surface area contributed by atoms with Gasteiger partial charge in [0.25, 0.3) is 10.0 Å². The van der Waals surface area contributed by atoms with Crippen molar-refractivity contribution in [3.05, 3.63) is 59.5 Å². The van der Waals surface area contributed by atoms with E-state index in [1.54, 1.807) is 24.3 Å². The second-order valence-corrected chi connectivity index (χ2v) is 10.7. The van der Waals surface area contributed by atoms with Gasteiger partial charge in [0.1, 0.15) is 0 Å². The number of nitrogens with zero attached hydrogens (tertiary/aromatic N) is 2. The first-order valence-corrected chi connectivity index (χ1v) is 12.8. The van der Waals surface area contributed by atoms with Crippen LogP contribution in [0.25, 0.3) is 11.3 Å². The van der Waals surface area contributed by atoms with Crippen LogP contribution < -0.4 is 9.62 Å². The number of sulfonamides is 1. The summed E-state index contributed by atoms with van der Waals surface area (Å²) in [5, 5.41) is 5.49. The third-order valence-electron chi connectivity index (χ3n) is 6.02. The lowest BCUT2D eigenvalue weighted by molar-refractivity contribution is -0.119. The summed E-state index contributed by atoms with van der Waals surface area (Å²) >= 11 is 1.42. The van der Waals surface area contributed by atoms with E-state index < -0.39 is 10.0 Å². The third kappa shape index (κ3) is 3.85. The first kappa shape index (κ1) is 20.2. The van der Waals surface area contributed by atoms with E-state index in [2.05, 4.69) is 10.3 Å². The number of benzene rings is 2. The van der Waals surface area contributed by atoms with Crippen molar-refractivity contribution in [1.82, 2.24) is 4.98 Å². The molecule has 2 aliphatic rings. The number of fused-ring (bicyclic) bond motifs is 1. The molecule has 0 saturated heterocycles. The van der Waals surface area contributed by atoms with Gasteiger partial charge in [-0.3, -0.25) is 9.10 Å². The van der Waals surface area contributed by atoms with Gasteiger partial charge in [0, 0.05) is 23.4 Å². The fourth-order valence-corrected chi connectivity index (χ4v) is 6.61. The Balaban J connectivity index is 1.36. The van der Waals surface area contributed by atoms with Crippen molar-refractivity contribution in [3.8, 4) is 11.3 Å². The van der Waals surface area contributed by atoms with Crippen LogP contribution in [0.15, 0.2) is 58.8 Å². The van der Waals surface area contributed by atoms with Crippen LogP contribution in [0, 0.1) is 5.92 Å². The van der Waals surface area contributed by atoms with E-state index in [4.69, 9.17) is 0 Å².